The van der Waals surface area contributed by atoms with Crippen molar-refractivity contribution in [2.45, 2.75) is 44.9 Å². The molecule has 1 rings (SSSR count). The molecule has 0 unspecified atom stereocenters. The Morgan fingerprint density at radius 1 is 1.13 bits per heavy atom. The minimum absolute atomic E-state index is 0.161. The number of hydrogen-bond acceptors (Lipinski definition) is 3. The molecular formula is C11H23N3O. The van der Waals surface area contributed by atoms with E-state index in [9.17, 15) is 4.79 Å². The molecule has 0 radical (unpaired) electrons. The van der Waals surface area contributed by atoms with Gasteiger partial charge in [-0.05, 0) is 32.2 Å². The minimum atomic E-state index is 0.161. The molecule has 0 spiro atoms. The maximum absolute atomic E-state index is 11.5. The summed E-state index contributed by atoms with van der Waals surface area (Å²) in [4.78, 5) is 11.5. The monoisotopic (exact) mass is 213 g/mol. The molecule has 15 heavy (non-hydrogen) atoms. The Hall–Kier alpha value is -0.610. The normalized spacial score (nSPS) is 17.7. The fraction of sp³-hybridized carbons (Fsp3) is 0.909. The van der Waals surface area contributed by atoms with E-state index in [0.717, 1.165) is 38.9 Å². The standard InChI is InChI=1S/C11H23N3O/c12-8-4-1-3-7-11(15)13-14-9-5-2-6-10-14/h1-10,12H2,(H,13,15). The van der Waals surface area contributed by atoms with E-state index in [1.165, 1.54) is 19.3 Å². The van der Waals surface area contributed by atoms with Gasteiger partial charge in [-0.2, -0.15) is 0 Å². The Morgan fingerprint density at radius 2 is 1.87 bits per heavy atom. The zero-order chi connectivity index (χ0) is 10.9. The van der Waals surface area contributed by atoms with Gasteiger partial charge in [0.15, 0.2) is 0 Å². The summed E-state index contributed by atoms with van der Waals surface area (Å²) < 4.78 is 0. The topological polar surface area (TPSA) is 58.4 Å². The lowest BCUT2D eigenvalue weighted by Gasteiger charge is -2.26. The second-order valence-corrected chi connectivity index (χ2v) is 4.18. The molecule has 3 N–H and O–H groups in total. The van der Waals surface area contributed by atoms with E-state index in [0.29, 0.717) is 6.42 Å². The highest BCUT2D eigenvalue weighted by molar-refractivity contribution is 5.75. The van der Waals surface area contributed by atoms with Gasteiger partial charge < -0.3 is 5.73 Å². The second-order valence-electron chi connectivity index (χ2n) is 4.18. The van der Waals surface area contributed by atoms with Gasteiger partial charge >= 0.3 is 0 Å². The van der Waals surface area contributed by atoms with Crippen LogP contribution in [-0.4, -0.2) is 30.6 Å². The third-order valence-electron chi connectivity index (χ3n) is 2.75. The van der Waals surface area contributed by atoms with Crippen LogP contribution in [0.3, 0.4) is 0 Å². The molecular weight excluding hydrogens is 190 g/mol. The van der Waals surface area contributed by atoms with Crippen LogP contribution in [0.15, 0.2) is 0 Å². The molecule has 0 aliphatic carbocycles. The average molecular weight is 213 g/mol. The second kappa shape index (κ2) is 7.65. The van der Waals surface area contributed by atoms with Crippen LogP contribution in [0.5, 0.6) is 0 Å². The first-order valence-electron chi connectivity index (χ1n) is 6.07. The van der Waals surface area contributed by atoms with Crippen LogP contribution in [0, 0.1) is 0 Å². The van der Waals surface area contributed by atoms with Crippen molar-refractivity contribution in [2.75, 3.05) is 19.6 Å². The largest absolute Gasteiger partial charge is 0.330 e. The van der Waals surface area contributed by atoms with Crippen molar-refractivity contribution in [3.63, 3.8) is 0 Å². The Labute approximate surface area is 92.2 Å². The summed E-state index contributed by atoms with van der Waals surface area (Å²) >= 11 is 0. The highest BCUT2D eigenvalue weighted by Gasteiger charge is 2.11. The van der Waals surface area contributed by atoms with Crippen molar-refractivity contribution in [1.29, 1.82) is 0 Å². The quantitative estimate of drug-likeness (QED) is 0.648. The molecule has 0 aromatic rings. The summed E-state index contributed by atoms with van der Waals surface area (Å²) in [6.45, 7) is 2.75. The smallest absolute Gasteiger partial charge is 0.234 e. The molecule has 0 bridgehead atoms. The number of nitrogens with zero attached hydrogens (tertiary/aromatic N) is 1. The van der Waals surface area contributed by atoms with Crippen LogP contribution in [0.1, 0.15) is 44.9 Å². The maximum Gasteiger partial charge on any atom is 0.234 e. The molecule has 88 valence electrons. The number of nitrogens with one attached hydrogen (secondary N) is 1. The van der Waals surface area contributed by atoms with E-state index in [2.05, 4.69) is 10.4 Å². The number of rotatable bonds is 6. The summed E-state index contributed by atoms with van der Waals surface area (Å²) in [6, 6.07) is 0. The lowest BCUT2D eigenvalue weighted by atomic mass is 10.1. The molecule has 1 fully saturated rings. The van der Waals surface area contributed by atoms with Gasteiger partial charge in [-0.1, -0.05) is 12.8 Å². The van der Waals surface area contributed by atoms with Gasteiger partial charge in [0.1, 0.15) is 0 Å². The highest BCUT2D eigenvalue weighted by atomic mass is 16.2. The van der Waals surface area contributed by atoms with Gasteiger partial charge in [-0.3, -0.25) is 10.2 Å². The first kappa shape index (κ1) is 12.5. The van der Waals surface area contributed by atoms with E-state index < -0.39 is 0 Å². The number of piperidine rings is 1. The Kier molecular flexibility index (Phi) is 6.36. The van der Waals surface area contributed by atoms with Gasteiger partial charge in [0.2, 0.25) is 5.91 Å². The van der Waals surface area contributed by atoms with E-state index in [1.54, 1.807) is 0 Å². The van der Waals surface area contributed by atoms with Gasteiger partial charge in [0.25, 0.3) is 0 Å². The zero-order valence-corrected chi connectivity index (χ0v) is 9.50. The predicted molar refractivity (Wildman–Crippen MR) is 61.1 cm³/mol. The fourth-order valence-corrected chi connectivity index (χ4v) is 1.84. The van der Waals surface area contributed by atoms with Crippen LogP contribution >= 0.6 is 0 Å². The number of nitrogens with two attached hydrogens (primary N) is 1. The number of carbonyl (C=O) groups is 1. The number of hydrogen-bond donors (Lipinski definition) is 2. The summed E-state index contributed by atoms with van der Waals surface area (Å²) in [5, 5.41) is 2.05. The number of hydrazine groups is 1. The molecule has 0 aromatic heterocycles. The van der Waals surface area contributed by atoms with Crippen LogP contribution in [-0.2, 0) is 4.79 Å². The molecule has 1 amide bonds. The van der Waals surface area contributed by atoms with Crippen molar-refractivity contribution in [3.05, 3.63) is 0 Å². The SMILES string of the molecule is NCCCCCC(=O)NN1CCCCC1. The molecule has 4 nitrogen and oxygen atoms in total. The van der Waals surface area contributed by atoms with Crippen LogP contribution in [0.4, 0.5) is 0 Å². The fourth-order valence-electron chi connectivity index (χ4n) is 1.84. The third-order valence-corrected chi connectivity index (χ3v) is 2.75. The molecule has 1 aliphatic heterocycles. The van der Waals surface area contributed by atoms with E-state index >= 15 is 0 Å². The van der Waals surface area contributed by atoms with Crippen molar-refractivity contribution in [3.8, 4) is 0 Å². The molecule has 1 heterocycles. The summed E-state index contributed by atoms with van der Waals surface area (Å²) in [6.07, 6.45) is 7.37. The van der Waals surface area contributed by atoms with Gasteiger partial charge in [-0.15, -0.1) is 0 Å². The molecule has 0 saturated carbocycles. The lowest BCUT2D eigenvalue weighted by Crippen LogP contribution is -2.44. The third kappa shape index (κ3) is 5.74. The van der Waals surface area contributed by atoms with Gasteiger partial charge in [0.05, 0.1) is 0 Å². The van der Waals surface area contributed by atoms with E-state index in [1.807, 2.05) is 0 Å². The molecule has 0 atom stereocenters. The number of unbranched alkanes of at least 4 members (excludes halogenated alkanes) is 2. The maximum atomic E-state index is 11.5. The van der Waals surface area contributed by atoms with E-state index in [4.69, 9.17) is 5.73 Å². The molecule has 4 heteroatoms. The Bertz CT molecular complexity index is 179. The molecule has 0 aromatic carbocycles. The van der Waals surface area contributed by atoms with Crippen LogP contribution in [0.2, 0.25) is 0 Å². The summed E-state index contributed by atoms with van der Waals surface area (Å²) in [7, 11) is 0. The minimum Gasteiger partial charge on any atom is -0.330 e. The zero-order valence-electron chi connectivity index (χ0n) is 9.50. The van der Waals surface area contributed by atoms with E-state index in [-0.39, 0.29) is 5.91 Å². The number of amides is 1. The average Bonchev–Trinajstić information content (AvgIpc) is 2.26. The Balaban J connectivity index is 2.01. The highest BCUT2D eigenvalue weighted by Crippen LogP contribution is 2.06. The first-order valence-corrected chi connectivity index (χ1v) is 6.07. The lowest BCUT2D eigenvalue weighted by molar-refractivity contribution is -0.126. The molecule has 1 saturated heterocycles. The Morgan fingerprint density at radius 3 is 2.53 bits per heavy atom. The first-order chi connectivity index (χ1) is 7.33. The summed E-state index contributed by atoms with van der Waals surface area (Å²) in [5.41, 5.74) is 8.34. The van der Waals surface area contributed by atoms with Crippen LogP contribution in [0.25, 0.3) is 0 Å². The predicted octanol–water partition coefficient (Wildman–Crippen LogP) is 1.02. The van der Waals surface area contributed by atoms with Crippen molar-refractivity contribution < 1.29 is 4.79 Å². The van der Waals surface area contributed by atoms with Crippen molar-refractivity contribution >= 4 is 5.91 Å². The number of carbonyl (C=O) groups excluding carboxylic acids is 1. The van der Waals surface area contributed by atoms with Crippen molar-refractivity contribution in [2.24, 2.45) is 5.73 Å². The van der Waals surface area contributed by atoms with Gasteiger partial charge in [0, 0.05) is 19.5 Å². The van der Waals surface area contributed by atoms with Crippen LogP contribution < -0.4 is 11.2 Å². The molecule has 1 aliphatic rings. The van der Waals surface area contributed by atoms with Crippen molar-refractivity contribution in [1.82, 2.24) is 10.4 Å². The van der Waals surface area contributed by atoms with Gasteiger partial charge in [-0.25, -0.2) is 5.01 Å². The summed E-state index contributed by atoms with van der Waals surface area (Å²) in [5.74, 6) is 0.161.